The van der Waals surface area contributed by atoms with Crippen LogP contribution in [0.1, 0.15) is 29.9 Å². The highest BCUT2D eigenvalue weighted by atomic mass is 32.2. The normalized spacial score (nSPS) is 20.4. The van der Waals surface area contributed by atoms with E-state index in [2.05, 4.69) is 15.2 Å². The van der Waals surface area contributed by atoms with Crippen LogP contribution in [0.25, 0.3) is 0 Å². The summed E-state index contributed by atoms with van der Waals surface area (Å²) in [5, 5.41) is 6.98. The summed E-state index contributed by atoms with van der Waals surface area (Å²) in [6.07, 6.45) is 1.97. The molecular weight excluding hydrogens is 254 g/mol. The number of sulfonamides is 1. The molecule has 1 unspecified atom stereocenters. The summed E-state index contributed by atoms with van der Waals surface area (Å²) in [6.45, 7) is 4.74. The van der Waals surface area contributed by atoms with Crippen molar-refractivity contribution in [1.29, 1.82) is 0 Å². The number of aromatic nitrogens is 1. The Morgan fingerprint density at radius 1 is 1.50 bits per heavy atom. The van der Waals surface area contributed by atoms with E-state index in [1.165, 1.54) is 0 Å². The Kier molecular flexibility index (Phi) is 4.04. The molecule has 1 atom stereocenters. The van der Waals surface area contributed by atoms with Gasteiger partial charge < -0.3 is 9.84 Å². The van der Waals surface area contributed by atoms with Crippen LogP contribution in [0.4, 0.5) is 0 Å². The average Bonchev–Trinajstić information content (AvgIpc) is 2.87. The summed E-state index contributed by atoms with van der Waals surface area (Å²) in [6, 6.07) is 0.0761. The molecule has 1 fully saturated rings. The Morgan fingerprint density at radius 2 is 2.28 bits per heavy atom. The van der Waals surface area contributed by atoms with E-state index >= 15 is 0 Å². The zero-order valence-corrected chi connectivity index (χ0v) is 11.5. The van der Waals surface area contributed by atoms with Gasteiger partial charge in [0.1, 0.15) is 5.76 Å². The number of hydrogen-bond acceptors (Lipinski definition) is 5. The van der Waals surface area contributed by atoms with Crippen molar-refractivity contribution in [3.8, 4) is 0 Å². The van der Waals surface area contributed by atoms with Crippen LogP contribution in [0.2, 0.25) is 0 Å². The molecule has 7 heteroatoms. The van der Waals surface area contributed by atoms with Gasteiger partial charge in [-0.3, -0.25) is 0 Å². The summed E-state index contributed by atoms with van der Waals surface area (Å²) in [4.78, 5) is 0. The summed E-state index contributed by atoms with van der Waals surface area (Å²) in [7, 11) is -3.26. The number of nitrogens with zero attached hydrogens (tertiary/aromatic N) is 1. The Hall–Kier alpha value is -0.920. The van der Waals surface area contributed by atoms with E-state index in [4.69, 9.17) is 4.52 Å². The van der Waals surface area contributed by atoms with Crippen molar-refractivity contribution in [2.75, 3.05) is 12.3 Å². The molecule has 2 N–H and O–H groups in total. The molecule has 0 radical (unpaired) electrons. The molecule has 0 bridgehead atoms. The molecule has 1 aliphatic rings. The molecule has 102 valence electrons. The van der Waals surface area contributed by atoms with E-state index in [1.807, 2.05) is 0 Å². The molecule has 1 saturated heterocycles. The fourth-order valence-corrected chi connectivity index (χ4v) is 3.46. The fourth-order valence-electron chi connectivity index (χ4n) is 2.16. The predicted molar refractivity (Wildman–Crippen MR) is 67.6 cm³/mol. The lowest BCUT2D eigenvalue weighted by Gasteiger charge is -2.11. The summed E-state index contributed by atoms with van der Waals surface area (Å²) in [5.41, 5.74) is 1.55. The number of nitrogens with one attached hydrogen (secondary N) is 2. The van der Waals surface area contributed by atoms with Crippen LogP contribution in [0.15, 0.2) is 4.52 Å². The summed E-state index contributed by atoms with van der Waals surface area (Å²) in [5.74, 6) is 0.797. The van der Waals surface area contributed by atoms with Gasteiger partial charge in [-0.2, -0.15) is 0 Å². The summed E-state index contributed by atoms with van der Waals surface area (Å²) < 4.78 is 31.4. The molecule has 0 saturated carbocycles. The lowest BCUT2D eigenvalue weighted by atomic mass is 10.2. The van der Waals surface area contributed by atoms with Crippen molar-refractivity contribution in [1.82, 2.24) is 15.2 Å². The third-order valence-corrected chi connectivity index (χ3v) is 4.66. The van der Waals surface area contributed by atoms with Crippen LogP contribution in [0, 0.1) is 13.8 Å². The smallest absolute Gasteiger partial charge is 0.213 e. The van der Waals surface area contributed by atoms with E-state index < -0.39 is 10.0 Å². The first-order valence-electron chi connectivity index (χ1n) is 6.10. The van der Waals surface area contributed by atoms with Crippen molar-refractivity contribution < 1.29 is 12.9 Å². The molecule has 0 amide bonds. The van der Waals surface area contributed by atoms with Crippen molar-refractivity contribution >= 4 is 10.0 Å². The van der Waals surface area contributed by atoms with E-state index in [0.717, 1.165) is 30.6 Å². The van der Waals surface area contributed by atoms with Crippen LogP contribution in [-0.4, -0.2) is 31.9 Å². The second kappa shape index (κ2) is 5.38. The predicted octanol–water partition coefficient (Wildman–Crippen LogP) is 0.463. The second-order valence-corrected chi connectivity index (χ2v) is 6.55. The number of aryl methyl sites for hydroxylation is 2. The standard InChI is InChI=1S/C11H19N3O3S/c1-8-11(9(2)17-14-8)6-13-18(15,16)7-10-4-3-5-12-10/h10,12-13H,3-7H2,1-2H3. The first kappa shape index (κ1) is 13.5. The summed E-state index contributed by atoms with van der Waals surface area (Å²) >= 11 is 0. The molecule has 1 aliphatic heterocycles. The molecule has 18 heavy (non-hydrogen) atoms. The number of hydrogen-bond donors (Lipinski definition) is 2. The lowest BCUT2D eigenvalue weighted by Crippen LogP contribution is -2.36. The topological polar surface area (TPSA) is 84.2 Å². The molecule has 0 aliphatic carbocycles. The minimum Gasteiger partial charge on any atom is -0.361 e. The Balaban J connectivity index is 1.92. The van der Waals surface area contributed by atoms with E-state index in [-0.39, 0.29) is 18.3 Å². The molecular formula is C11H19N3O3S. The quantitative estimate of drug-likeness (QED) is 0.814. The van der Waals surface area contributed by atoms with Crippen LogP contribution >= 0.6 is 0 Å². The molecule has 6 nitrogen and oxygen atoms in total. The minimum absolute atomic E-state index is 0.0761. The van der Waals surface area contributed by atoms with Gasteiger partial charge in [-0.1, -0.05) is 5.16 Å². The molecule has 1 aromatic rings. The molecule has 1 aromatic heterocycles. The Labute approximate surface area is 107 Å². The second-order valence-electron chi connectivity index (χ2n) is 4.70. The maximum absolute atomic E-state index is 11.9. The maximum Gasteiger partial charge on any atom is 0.213 e. The first-order valence-corrected chi connectivity index (χ1v) is 7.75. The molecule has 0 aromatic carbocycles. The van der Waals surface area contributed by atoms with Gasteiger partial charge in [-0.15, -0.1) is 0 Å². The van der Waals surface area contributed by atoms with E-state index in [0.29, 0.717) is 5.76 Å². The van der Waals surface area contributed by atoms with Gasteiger partial charge in [0.15, 0.2) is 0 Å². The van der Waals surface area contributed by atoms with Gasteiger partial charge in [0.2, 0.25) is 10.0 Å². The fraction of sp³-hybridized carbons (Fsp3) is 0.727. The third-order valence-electron chi connectivity index (χ3n) is 3.23. The Bertz CT molecular complexity index is 484. The van der Waals surface area contributed by atoms with Crippen LogP contribution in [-0.2, 0) is 16.6 Å². The third kappa shape index (κ3) is 3.30. The monoisotopic (exact) mass is 273 g/mol. The van der Waals surface area contributed by atoms with Crippen molar-refractivity contribution in [2.24, 2.45) is 0 Å². The van der Waals surface area contributed by atoms with Crippen LogP contribution in [0.5, 0.6) is 0 Å². The van der Waals surface area contributed by atoms with Gasteiger partial charge in [0.25, 0.3) is 0 Å². The molecule has 2 rings (SSSR count). The van der Waals surface area contributed by atoms with Gasteiger partial charge >= 0.3 is 0 Å². The van der Waals surface area contributed by atoms with Gasteiger partial charge in [0.05, 0.1) is 11.4 Å². The zero-order chi connectivity index (χ0) is 13.2. The number of rotatable bonds is 5. The highest BCUT2D eigenvalue weighted by Crippen LogP contribution is 2.12. The van der Waals surface area contributed by atoms with E-state index in [1.54, 1.807) is 13.8 Å². The van der Waals surface area contributed by atoms with E-state index in [9.17, 15) is 8.42 Å². The highest BCUT2D eigenvalue weighted by molar-refractivity contribution is 7.89. The van der Waals surface area contributed by atoms with Crippen molar-refractivity contribution in [2.45, 2.75) is 39.3 Å². The van der Waals surface area contributed by atoms with Crippen LogP contribution in [0.3, 0.4) is 0 Å². The van der Waals surface area contributed by atoms with Crippen molar-refractivity contribution in [3.63, 3.8) is 0 Å². The zero-order valence-electron chi connectivity index (χ0n) is 10.7. The van der Waals surface area contributed by atoms with Crippen molar-refractivity contribution in [3.05, 3.63) is 17.0 Å². The molecule has 0 spiro atoms. The Morgan fingerprint density at radius 3 is 2.83 bits per heavy atom. The van der Waals surface area contributed by atoms with Crippen LogP contribution < -0.4 is 10.0 Å². The average molecular weight is 273 g/mol. The van der Waals surface area contributed by atoms with Gasteiger partial charge in [-0.25, -0.2) is 13.1 Å². The molecule has 2 heterocycles. The maximum atomic E-state index is 11.9. The first-order chi connectivity index (χ1) is 8.48. The highest BCUT2D eigenvalue weighted by Gasteiger charge is 2.22. The minimum atomic E-state index is -3.26. The van der Waals surface area contributed by atoms with Gasteiger partial charge in [-0.05, 0) is 33.2 Å². The largest absolute Gasteiger partial charge is 0.361 e. The van der Waals surface area contributed by atoms with Gasteiger partial charge in [0, 0.05) is 18.2 Å². The lowest BCUT2D eigenvalue weighted by molar-refractivity contribution is 0.392. The SMILES string of the molecule is Cc1noc(C)c1CNS(=O)(=O)CC1CCCN1.